The molecule has 0 amide bonds. The number of nitrogens with one attached hydrogen (secondary N) is 2. The fourth-order valence-electron chi connectivity index (χ4n) is 1.63. The molecule has 0 spiro atoms. The zero-order chi connectivity index (χ0) is 14.4. The maximum Gasteiger partial charge on any atom is 0.266 e. The van der Waals surface area contributed by atoms with Gasteiger partial charge in [-0.1, -0.05) is 19.1 Å². The van der Waals surface area contributed by atoms with Gasteiger partial charge in [-0.15, -0.1) is 0 Å². The van der Waals surface area contributed by atoms with Crippen molar-refractivity contribution in [1.29, 1.82) is 0 Å². The van der Waals surface area contributed by atoms with E-state index in [0.29, 0.717) is 12.2 Å². The molecule has 6 nitrogen and oxygen atoms in total. The van der Waals surface area contributed by atoms with Gasteiger partial charge in [0.1, 0.15) is 4.90 Å². The predicted octanol–water partition coefficient (Wildman–Crippen LogP) is 2.10. The summed E-state index contributed by atoms with van der Waals surface area (Å²) in [5.74, 6) is 0.0535. The Labute approximate surface area is 118 Å². The fourth-order valence-corrected chi connectivity index (χ4v) is 2.78. The maximum atomic E-state index is 12.4. The molecule has 7 heteroatoms. The number of para-hydroxylation sites is 1. The van der Waals surface area contributed by atoms with Crippen LogP contribution in [0.2, 0.25) is 0 Å². The molecule has 0 saturated heterocycles. The summed E-state index contributed by atoms with van der Waals surface area (Å²) < 4.78 is 27.1. The van der Waals surface area contributed by atoms with Crippen LogP contribution in [0, 0.1) is 0 Å². The van der Waals surface area contributed by atoms with Crippen molar-refractivity contribution in [1.82, 2.24) is 9.97 Å². The van der Waals surface area contributed by atoms with Crippen molar-refractivity contribution in [2.75, 3.05) is 16.6 Å². The molecule has 2 N–H and O–H groups in total. The average Bonchev–Trinajstić information content (AvgIpc) is 2.46. The number of hydrogen-bond donors (Lipinski definition) is 2. The smallest absolute Gasteiger partial charge is 0.266 e. The Morgan fingerprint density at radius 3 is 2.50 bits per heavy atom. The number of hydrogen-bond acceptors (Lipinski definition) is 5. The number of aromatic nitrogens is 2. The number of sulfonamides is 1. The highest BCUT2D eigenvalue weighted by atomic mass is 32.2. The first-order valence-electron chi connectivity index (χ1n) is 6.26. The molecule has 2 aromatic rings. The summed E-state index contributed by atoms with van der Waals surface area (Å²) in [6.45, 7) is 2.72. The summed E-state index contributed by atoms with van der Waals surface area (Å²) in [6.07, 6.45) is 3.86. The molecule has 2 rings (SSSR count). The topological polar surface area (TPSA) is 84.0 Å². The number of nitrogens with zero attached hydrogens (tertiary/aromatic N) is 2. The van der Waals surface area contributed by atoms with Crippen molar-refractivity contribution in [3.63, 3.8) is 0 Å². The predicted molar refractivity (Wildman–Crippen MR) is 78.1 cm³/mol. The van der Waals surface area contributed by atoms with Crippen LogP contribution in [0.25, 0.3) is 0 Å². The Morgan fingerprint density at radius 2 is 1.80 bits per heavy atom. The zero-order valence-corrected chi connectivity index (χ0v) is 11.9. The molecule has 1 aromatic carbocycles. The molecule has 1 heterocycles. The third kappa shape index (κ3) is 3.45. The maximum absolute atomic E-state index is 12.4. The summed E-state index contributed by atoms with van der Waals surface area (Å²) >= 11 is 0. The van der Waals surface area contributed by atoms with Gasteiger partial charge in [0.05, 0.1) is 5.69 Å². The van der Waals surface area contributed by atoms with Crippen LogP contribution in [0.3, 0.4) is 0 Å². The van der Waals surface area contributed by atoms with E-state index in [0.717, 1.165) is 6.42 Å². The average molecular weight is 292 g/mol. The highest BCUT2D eigenvalue weighted by Gasteiger charge is 2.19. The summed E-state index contributed by atoms with van der Waals surface area (Å²) in [4.78, 5) is 7.90. The third-order valence-corrected chi connectivity index (χ3v) is 3.92. The quantitative estimate of drug-likeness (QED) is 0.851. The largest absolute Gasteiger partial charge is 0.384 e. The zero-order valence-electron chi connectivity index (χ0n) is 11.1. The van der Waals surface area contributed by atoms with E-state index < -0.39 is 10.0 Å². The van der Waals surface area contributed by atoms with E-state index >= 15 is 0 Å². The molecule has 0 aliphatic carbocycles. The first-order chi connectivity index (χ1) is 9.63. The Kier molecular flexibility index (Phi) is 4.52. The van der Waals surface area contributed by atoms with E-state index in [4.69, 9.17) is 0 Å². The highest BCUT2D eigenvalue weighted by molar-refractivity contribution is 7.92. The number of rotatable bonds is 6. The van der Waals surface area contributed by atoms with Gasteiger partial charge in [-0.2, -0.15) is 0 Å². The fraction of sp³-hybridized carbons (Fsp3) is 0.231. The van der Waals surface area contributed by atoms with Crippen molar-refractivity contribution in [3.8, 4) is 0 Å². The molecule has 0 atom stereocenters. The second-order valence-corrected chi connectivity index (χ2v) is 5.75. The van der Waals surface area contributed by atoms with Crippen molar-refractivity contribution >= 4 is 21.7 Å². The van der Waals surface area contributed by atoms with E-state index in [1.54, 1.807) is 30.3 Å². The van der Waals surface area contributed by atoms with Gasteiger partial charge in [0, 0.05) is 18.9 Å². The van der Waals surface area contributed by atoms with E-state index in [9.17, 15) is 8.42 Å². The molecule has 0 saturated carbocycles. The van der Waals surface area contributed by atoms with Gasteiger partial charge in [0.2, 0.25) is 5.95 Å². The minimum Gasteiger partial charge on any atom is -0.384 e. The molecule has 106 valence electrons. The van der Waals surface area contributed by atoms with Crippen molar-refractivity contribution in [3.05, 3.63) is 42.7 Å². The van der Waals surface area contributed by atoms with Crippen molar-refractivity contribution in [2.45, 2.75) is 18.2 Å². The molecule has 1 aromatic heterocycles. The second kappa shape index (κ2) is 6.33. The van der Waals surface area contributed by atoms with Gasteiger partial charge < -0.3 is 5.32 Å². The third-order valence-electron chi connectivity index (χ3n) is 2.53. The van der Waals surface area contributed by atoms with E-state index in [2.05, 4.69) is 20.0 Å². The van der Waals surface area contributed by atoms with Gasteiger partial charge in [0.15, 0.2) is 0 Å². The molecule has 0 radical (unpaired) electrons. The lowest BCUT2D eigenvalue weighted by molar-refractivity contribution is 0.601. The van der Waals surface area contributed by atoms with E-state index in [-0.39, 0.29) is 10.8 Å². The molecule has 0 unspecified atom stereocenters. The molecule has 0 fully saturated rings. The molecular formula is C13H16N4O2S. The SMILES string of the molecule is CCCNc1ccccc1S(=O)(=O)Nc1ncccn1. The van der Waals surface area contributed by atoms with Crippen LogP contribution in [0.5, 0.6) is 0 Å². The van der Waals surface area contributed by atoms with Gasteiger partial charge in [-0.3, -0.25) is 0 Å². The van der Waals surface area contributed by atoms with Gasteiger partial charge in [0.25, 0.3) is 10.0 Å². The van der Waals surface area contributed by atoms with Crippen molar-refractivity contribution in [2.24, 2.45) is 0 Å². The van der Waals surface area contributed by atoms with Gasteiger partial charge >= 0.3 is 0 Å². The Morgan fingerprint density at radius 1 is 1.10 bits per heavy atom. The standard InChI is InChI=1S/C13H16N4O2S/c1-2-8-14-11-6-3-4-7-12(11)20(18,19)17-13-15-9-5-10-16-13/h3-7,9-10,14H,2,8H2,1H3,(H,15,16,17). The Balaban J connectivity index is 2.30. The van der Waals surface area contributed by atoms with Crippen LogP contribution in [-0.2, 0) is 10.0 Å². The normalized spacial score (nSPS) is 11.1. The lowest BCUT2D eigenvalue weighted by Gasteiger charge is -2.12. The first kappa shape index (κ1) is 14.3. The molecular weight excluding hydrogens is 276 g/mol. The molecule has 20 heavy (non-hydrogen) atoms. The van der Waals surface area contributed by atoms with Gasteiger partial charge in [-0.05, 0) is 24.6 Å². The van der Waals surface area contributed by atoms with Gasteiger partial charge in [-0.25, -0.2) is 23.1 Å². The second-order valence-electron chi connectivity index (χ2n) is 4.10. The van der Waals surface area contributed by atoms with Crippen LogP contribution < -0.4 is 10.0 Å². The highest BCUT2D eigenvalue weighted by Crippen LogP contribution is 2.22. The molecule has 0 bridgehead atoms. The van der Waals surface area contributed by atoms with Crippen molar-refractivity contribution < 1.29 is 8.42 Å². The minimum absolute atomic E-state index is 0.0535. The summed E-state index contributed by atoms with van der Waals surface area (Å²) in [5.41, 5.74) is 0.567. The number of benzene rings is 1. The van der Waals surface area contributed by atoms with Crippen LogP contribution in [0.15, 0.2) is 47.6 Å². The monoisotopic (exact) mass is 292 g/mol. The molecule has 0 aliphatic rings. The van der Waals surface area contributed by atoms with Crippen LogP contribution >= 0.6 is 0 Å². The van der Waals surface area contributed by atoms with Crippen LogP contribution in [-0.4, -0.2) is 24.9 Å². The summed E-state index contributed by atoms with van der Waals surface area (Å²) in [7, 11) is -3.71. The molecule has 0 aliphatic heterocycles. The summed E-state index contributed by atoms with van der Waals surface area (Å²) in [6, 6.07) is 8.36. The van der Waals surface area contributed by atoms with Crippen LogP contribution in [0.4, 0.5) is 11.6 Å². The summed E-state index contributed by atoms with van der Waals surface area (Å²) in [5, 5.41) is 3.09. The Bertz CT molecular complexity index is 659. The lowest BCUT2D eigenvalue weighted by atomic mass is 10.3. The van der Waals surface area contributed by atoms with E-state index in [1.165, 1.54) is 12.4 Å². The number of anilines is 2. The Hall–Kier alpha value is -2.15. The van der Waals surface area contributed by atoms with Crippen LogP contribution in [0.1, 0.15) is 13.3 Å². The lowest BCUT2D eigenvalue weighted by Crippen LogP contribution is -2.17. The minimum atomic E-state index is -3.71. The first-order valence-corrected chi connectivity index (χ1v) is 7.74. The van der Waals surface area contributed by atoms with E-state index in [1.807, 2.05) is 6.92 Å².